The van der Waals surface area contributed by atoms with Gasteiger partial charge in [-0.1, -0.05) is 44.7 Å². The van der Waals surface area contributed by atoms with E-state index < -0.39 is 20.0 Å². The van der Waals surface area contributed by atoms with Crippen molar-refractivity contribution in [3.63, 3.8) is 0 Å². The Hall–Kier alpha value is -3.05. The molecule has 6 rings (SSSR count). The number of nitrogens with zero attached hydrogens (tertiary/aromatic N) is 3. The minimum absolute atomic E-state index is 0.0933. The van der Waals surface area contributed by atoms with E-state index in [9.17, 15) is 24.3 Å². The lowest BCUT2D eigenvalue weighted by molar-refractivity contribution is -0.146. The molecular weight excluding hydrogens is 611 g/mol. The largest absolute Gasteiger partial charge is 0.432 e. The fourth-order valence-corrected chi connectivity index (χ4v) is 11.3. The summed E-state index contributed by atoms with van der Waals surface area (Å²) >= 11 is 0. The molecule has 2 aromatic rings. The van der Waals surface area contributed by atoms with E-state index in [2.05, 4.69) is 0 Å². The number of rotatable bonds is 7. The van der Waals surface area contributed by atoms with Gasteiger partial charge >= 0.3 is 0 Å². The maximum atomic E-state index is 14.9. The highest BCUT2D eigenvalue weighted by atomic mass is 28.4. The highest BCUT2D eigenvalue weighted by Gasteiger charge is 2.66. The van der Waals surface area contributed by atoms with Crippen molar-refractivity contribution < 1.29 is 29.0 Å². The molecule has 3 amide bonds. The summed E-state index contributed by atoms with van der Waals surface area (Å²) < 4.78 is 6.85. The third-order valence-corrected chi connectivity index (χ3v) is 13.4. The number of aliphatic hydroxyl groups is 1. The minimum atomic E-state index is -2.85. The summed E-state index contributed by atoms with van der Waals surface area (Å²) in [7, 11) is -2.85. The molecule has 0 radical (unpaired) electrons. The van der Waals surface area contributed by atoms with Gasteiger partial charge < -0.3 is 29.3 Å². The molecule has 2 N–H and O–H groups in total. The van der Waals surface area contributed by atoms with Crippen LogP contribution in [0.15, 0.2) is 42.5 Å². The lowest BCUT2D eigenvalue weighted by Crippen LogP contribution is -2.46. The van der Waals surface area contributed by atoms with Crippen LogP contribution in [0, 0.1) is 5.92 Å². The van der Waals surface area contributed by atoms with Gasteiger partial charge in [0.05, 0.1) is 18.3 Å². The highest BCUT2D eigenvalue weighted by Crippen LogP contribution is 2.60. The molecule has 0 unspecified atom stereocenters. The highest BCUT2D eigenvalue weighted by molar-refractivity contribution is 6.71. The fraction of sp³-hybridized carbons (Fsp3) is 0.595. The Kier molecular flexibility index (Phi) is 9.95. The molecule has 4 aliphatic rings. The Morgan fingerprint density at radius 2 is 1.47 bits per heavy atom. The average molecular weight is 662 g/mol. The van der Waals surface area contributed by atoms with E-state index in [0.717, 1.165) is 79.6 Å². The SMILES string of the molecule is C[C@H]1[C@H]([Si](C)(C)O)[C@@H](CCO)O[C@]12C(=O)N(Cc1cccc(N3CCCCCCC3=O)c1)c1ccc(N3CCCCCCC3=O)cc12. The number of anilines is 3. The zero-order chi connectivity index (χ0) is 33.3. The van der Waals surface area contributed by atoms with Gasteiger partial charge in [-0.15, -0.1) is 0 Å². The van der Waals surface area contributed by atoms with E-state index in [1.165, 1.54) is 0 Å². The molecule has 254 valence electrons. The van der Waals surface area contributed by atoms with E-state index in [-0.39, 0.29) is 42.3 Å². The van der Waals surface area contributed by atoms with Crippen molar-refractivity contribution in [1.29, 1.82) is 0 Å². The van der Waals surface area contributed by atoms with E-state index in [1.54, 1.807) is 4.90 Å². The zero-order valence-corrected chi connectivity index (χ0v) is 29.2. The van der Waals surface area contributed by atoms with E-state index >= 15 is 0 Å². The summed E-state index contributed by atoms with van der Waals surface area (Å²) in [5, 5.41) is 10.0. The Morgan fingerprint density at radius 3 is 2.09 bits per heavy atom. The van der Waals surface area contributed by atoms with Gasteiger partial charge in [-0.3, -0.25) is 14.4 Å². The lowest BCUT2D eigenvalue weighted by Gasteiger charge is -2.33. The lowest BCUT2D eigenvalue weighted by atomic mass is 9.82. The predicted octanol–water partition coefficient (Wildman–Crippen LogP) is 6.01. The number of aliphatic hydroxyl groups excluding tert-OH is 1. The van der Waals surface area contributed by atoms with Crippen LogP contribution < -0.4 is 14.7 Å². The first-order chi connectivity index (χ1) is 22.6. The first kappa shape index (κ1) is 33.8. The molecule has 3 fully saturated rings. The van der Waals surface area contributed by atoms with Crippen LogP contribution in [0.25, 0.3) is 0 Å². The molecule has 0 saturated carbocycles. The molecule has 10 heteroatoms. The monoisotopic (exact) mass is 661 g/mol. The molecule has 0 aliphatic carbocycles. The van der Waals surface area contributed by atoms with Crippen LogP contribution in [0.4, 0.5) is 17.1 Å². The molecule has 9 nitrogen and oxygen atoms in total. The van der Waals surface area contributed by atoms with Crippen LogP contribution in [0.1, 0.15) is 88.7 Å². The summed E-state index contributed by atoms with van der Waals surface area (Å²) in [6, 6.07) is 13.8. The van der Waals surface area contributed by atoms with Crippen LogP contribution in [0.3, 0.4) is 0 Å². The van der Waals surface area contributed by atoms with Gasteiger partial charge in [0.25, 0.3) is 5.91 Å². The second kappa shape index (κ2) is 13.8. The number of carbonyl (C=O) groups excluding carboxylic acids is 3. The van der Waals surface area contributed by atoms with Crippen molar-refractivity contribution in [2.45, 2.75) is 114 Å². The second-order valence-electron chi connectivity index (χ2n) is 14.6. The summed E-state index contributed by atoms with van der Waals surface area (Å²) in [6.45, 7) is 7.26. The van der Waals surface area contributed by atoms with Gasteiger partial charge in [0.15, 0.2) is 13.9 Å². The molecule has 1 spiro atoms. The van der Waals surface area contributed by atoms with Crippen molar-refractivity contribution in [3.8, 4) is 0 Å². The molecule has 0 bridgehead atoms. The summed E-state index contributed by atoms with van der Waals surface area (Å²) in [5.41, 5.74) is 2.34. The number of amides is 3. The molecule has 0 aromatic heterocycles. The van der Waals surface area contributed by atoms with Crippen molar-refractivity contribution in [2.75, 3.05) is 34.4 Å². The second-order valence-corrected chi connectivity index (χ2v) is 18.5. The predicted molar refractivity (Wildman–Crippen MR) is 186 cm³/mol. The minimum Gasteiger partial charge on any atom is -0.432 e. The van der Waals surface area contributed by atoms with Gasteiger partial charge in [-0.2, -0.15) is 0 Å². The van der Waals surface area contributed by atoms with Gasteiger partial charge in [0.1, 0.15) is 0 Å². The van der Waals surface area contributed by atoms with Crippen LogP contribution in [0.2, 0.25) is 18.6 Å². The Balaban J connectivity index is 1.41. The van der Waals surface area contributed by atoms with Crippen LogP contribution in [0.5, 0.6) is 0 Å². The Bertz CT molecular complexity index is 1490. The zero-order valence-electron chi connectivity index (χ0n) is 28.2. The quantitative estimate of drug-likeness (QED) is 0.352. The molecule has 3 saturated heterocycles. The van der Waals surface area contributed by atoms with Crippen molar-refractivity contribution in [3.05, 3.63) is 53.6 Å². The van der Waals surface area contributed by atoms with Crippen LogP contribution in [-0.2, 0) is 31.3 Å². The maximum Gasteiger partial charge on any atom is 0.264 e. The Labute approximate surface area is 280 Å². The number of ether oxygens (including phenoxy) is 1. The van der Waals surface area contributed by atoms with E-state index in [4.69, 9.17) is 4.74 Å². The standard InChI is InChI=1S/C37H51N3O6Si/c1-26-35(47(2,3)45)32(19-22-41)46-37(26)30-24-29(39-21-11-7-5-9-16-34(39)43)17-18-31(30)40(36(37)44)25-27-13-12-14-28(23-27)38-20-10-6-4-8-15-33(38)42/h12-14,17-18,23-24,26,32,35,41,45H,4-11,15-16,19-22,25H2,1-3H3/t26-,32+,35-,37+/m0/s1. The molecule has 47 heavy (non-hydrogen) atoms. The van der Waals surface area contributed by atoms with Crippen LogP contribution >= 0.6 is 0 Å². The number of hydrogen-bond acceptors (Lipinski definition) is 6. The summed E-state index contributed by atoms with van der Waals surface area (Å²) in [4.78, 5) is 58.3. The summed E-state index contributed by atoms with van der Waals surface area (Å²) in [5.74, 6) is -0.312. The molecule has 2 aromatic carbocycles. The number of benzene rings is 2. The first-order valence-corrected chi connectivity index (χ1v) is 20.8. The summed E-state index contributed by atoms with van der Waals surface area (Å²) in [6.07, 6.45) is 8.90. The number of carbonyl (C=O) groups is 3. The molecule has 4 aliphatic heterocycles. The van der Waals surface area contributed by atoms with Crippen molar-refractivity contribution >= 4 is 43.1 Å². The normalized spacial score (nSPS) is 27.6. The molecule has 4 atom stereocenters. The molecular formula is C37H51N3O6Si. The van der Waals surface area contributed by atoms with Gasteiger partial charge in [0, 0.05) is 60.9 Å². The van der Waals surface area contributed by atoms with Gasteiger partial charge in [-0.25, -0.2) is 0 Å². The number of hydrogen-bond donors (Lipinski definition) is 2. The molecule has 4 heterocycles. The fourth-order valence-electron chi connectivity index (χ4n) is 8.66. The van der Waals surface area contributed by atoms with Gasteiger partial charge in [0.2, 0.25) is 11.8 Å². The third-order valence-electron chi connectivity index (χ3n) is 10.9. The van der Waals surface area contributed by atoms with Crippen molar-refractivity contribution in [1.82, 2.24) is 0 Å². The Morgan fingerprint density at radius 1 is 0.851 bits per heavy atom. The van der Waals surface area contributed by atoms with Crippen molar-refractivity contribution in [2.24, 2.45) is 5.92 Å². The maximum absolute atomic E-state index is 14.9. The topological polar surface area (TPSA) is 111 Å². The first-order valence-electron chi connectivity index (χ1n) is 17.7. The van der Waals surface area contributed by atoms with Gasteiger partial charge in [-0.05, 0) is 81.1 Å². The number of fused-ring (bicyclic) bond motifs is 2. The van der Waals surface area contributed by atoms with E-state index in [1.807, 2.05) is 72.3 Å². The van der Waals surface area contributed by atoms with Crippen LogP contribution in [-0.4, -0.2) is 61.7 Å². The average Bonchev–Trinajstić information content (AvgIpc) is 3.44. The smallest absolute Gasteiger partial charge is 0.264 e. The third kappa shape index (κ3) is 6.42. The van der Waals surface area contributed by atoms with E-state index in [0.29, 0.717) is 32.4 Å².